The normalized spacial score (nSPS) is 10.7. The second-order valence-corrected chi connectivity index (χ2v) is 6.43. The van der Waals surface area contributed by atoms with Crippen molar-refractivity contribution in [3.8, 4) is 11.1 Å². The van der Waals surface area contributed by atoms with Gasteiger partial charge in [0.2, 0.25) is 0 Å². The van der Waals surface area contributed by atoms with E-state index in [1.54, 1.807) is 18.5 Å². The Morgan fingerprint density at radius 2 is 1.85 bits per heavy atom. The van der Waals surface area contributed by atoms with Crippen LogP contribution in [-0.4, -0.2) is 29.9 Å². The predicted molar refractivity (Wildman–Crippen MR) is 106 cm³/mol. The fourth-order valence-corrected chi connectivity index (χ4v) is 2.70. The number of amides is 1. The molecule has 0 aliphatic carbocycles. The first-order chi connectivity index (χ1) is 12.5. The van der Waals surface area contributed by atoms with E-state index in [-0.39, 0.29) is 5.91 Å². The van der Waals surface area contributed by atoms with Gasteiger partial charge < -0.3 is 16.0 Å². The summed E-state index contributed by atoms with van der Waals surface area (Å²) in [7, 11) is 4.03. The van der Waals surface area contributed by atoms with Crippen LogP contribution < -0.4 is 11.1 Å². The van der Waals surface area contributed by atoms with Crippen molar-refractivity contribution in [3.63, 3.8) is 0 Å². The van der Waals surface area contributed by atoms with Crippen molar-refractivity contribution < 1.29 is 4.79 Å². The predicted octanol–water partition coefficient (Wildman–Crippen LogP) is 3.64. The number of hydrogen-bond acceptors (Lipinski definition) is 4. The maximum absolute atomic E-state index is 12.6. The standard InChI is InChI=1S/C21H22N4O/c1-25(2)14-15-5-7-16(8-6-15)21(26)24-20-12-17(9-10-19(20)22)18-4-3-11-23-13-18/h3-13H,14,22H2,1-2H3,(H,24,26). The Bertz CT molecular complexity index is 890. The van der Waals surface area contributed by atoms with E-state index in [4.69, 9.17) is 5.73 Å². The van der Waals surface area contributed by atoms with Crippen molar-refractivity contribution in [2.75, 3.05) is 25.1 Å². The van der Waals surface area contributed by atoms with Crippen LogP contribution in [0.2, 0.25) is 0 Å². The maximum Gasteiger partial charge on any atom is 0.255 e. The van der Waals surface area contributed by atoms with E-state index in [2.05, 4.69) is 15.2 Å². The van der Waals surface area contributed by atoms with Crippen LogP contribution in [0.4, 0.5) is 11.4 Å². The van der Waals surface area contributed by atoms with Crippen LogP contribution >= 0.6 is 0 Å². The molecule has 0 unspecified atom stereocenters. The molecule has 1 heterocycles. The maximum atomic E-state index is 12.6. The second kappa shape index (κ2) is 7.80. The lowest BCUT2D eigenvalue weighted by molar-refractivity contribution is 0.102. The van der Waals surface area contributed by atoms with E-state index in [0.29, 0.717) is 16.9 Å². The molecule has 0 saturated carbocycles. The Labute approximate surface area is 153 Å². The van der Waals surface area contributed by atoms with Gasteiger partial charge in [-0.1, -0.05) is 24.3 Å². The quantitative estimate of drug-likeness (QED) is 0.692. The number of rotatable bonds is 5. The zero-order chi connectivity index (χ0) is 18.5. The Morgan fingerprint density at radius 1 is 1.08 bits per heavy atom. The number of carbonyl (C=O) groups excluding carboxylic acids is 1. The molecule has 26 heavy (non-hydrogen) atoms. The highest BCUT2D eigenvalue weighted by Gasteiger charge is 2.10. The molecule has 2 aromatic carbocycles. The van der Waals surface area contributed by atoms with E-state index in [9.17, 15) is 4.79 Å². The van der Waals surface area contributed by atoms with Gasteiger partial charge >= 0.3 is 0 Å². The number of nitrogen functional groups attached to an aromatic ring is 1. The first-order valence-corrected chi connectivity index (χ1v) is 8.38. The number of carbonyl (C=O) groups is 1. The molecule has 5 heteroatoms. The molecule has 0 atom stereocenters. The molecule has 0 fully saturated rings. The third kappa shape index (κ3) is 4.26. The first-order valence-electron chi connectivity index (χ1n) is 8.38. The molecule has 0 spiro atoms. The van der Waals surface area contributed by atoms with Crippen molar-refractivity contribution in [1.29, 1.82) is 0 Å². The van der Waals surface area contributed by atoms with E-state index in [0.717, 1.165) is 23.2 Å². The van der Waals surface area contributed by atoms with Crippen LogP contribution in [0, 0.1) is 0 Å². The lowest BCUT2D eigenvalue weighted by atomic mass is 10.1. The van der Waals surface area contributed by atoms with Gasteiger partial charge in [-0.15, -0.1) is 0 Å². The fraction of sp³-hybridized carbons (Fsp3) is 0.143. The van der Waals surface area contributed by atoms with Gasteiger partial charge in [-0.25, -0.2) is 0 Å². The summed E-state index contributed by atoms with van der Waals surface area (Å²) >= 11 is 0. The summed E-state index contributed by atoms with van der Waals surface area (Å²) < 4.78 is 0. The number of pyridine rings is 1. The SMILES string of the molecule is CN(C)Cc1ccc(C(=O)Nc2cc(-c3cccnc3)ccc2N)cc1. The molecule has 0 aliphatic heterocycles. The van der Waals surface area contributed by atoms with Crippen molar-refractivity contribution in [2.45, 2.75) is 6.54 Å². The molecule has 3 rings (SSSR count). The molecule has 0 aliphatic rings. The van der Waals surface area contributed by atoms with Crippen LogP contribution in [0.1, 0.15) is 15.9 Å². The largest absolute Gasteiger partial charge is 0.397 e. The molecular weight excluding hydrogens is 324 g/mol. The van der Waals surface area contributed by atoms with Gasteiger partial charge in [-0.05, 0) is 55.6 Å². The summed E-state index contributed by atoms with van der Waals surface area (Å²) in [5.74, 6) is -0.184. The molecule has 0 saturated heterocycles. The molecule has 5 nitrogen and oxygen atoms in total. The summed E-state index contributed by atoms with van der Waals surface area (Å²) in [6, 6.07) is 17.0. The minimum absolute atomic E-state index is 0.184. The summed E-state index contributed by atoms with van der Waals surface area (Å²) in [6.45, 7) is 0.835. The van der Waals surface area contributed by atoms with Crippen LogP contribution in [-0.2, 0) is 6.54 Å². The number of nitrogens with one attached hydrogen (secondary N) is 1. The number of anilines is 2. The van der Waals surface area contributed by atoms with Gasteiger partial charge in [0.25, 0.3) is 5.91 Å². The Kier molecular flexibility index (Phi) is 5.29. The second-order valence-electron chi connectivity index (χ2n) is 6.43. The third-order valence-corrected chi connectivity index (χ3v) is 4.01. The number of nitrogens with zero attached hydrogens (tertiary/aromatic N) is 2. The van der Waals surface area contributed by atoms with Crippen molar-refractivity contribution >= 4 is 17.3 Å². The Morgan fingerprint density at radius 3 is 2.50 bits per heavy atom. The summed E-state index contributed by atoms with van der Waals surface area (Å²) in [5.41, 5.74) is 10.8. The zero-order valence-electron chi connectivity index (χ0n) is 14.9. The molecule has 1 amide bonds. The molecule has 0 radical (unpaired) electrons. The fourth-order valence-electron chi connectivity index (χ4n) is 2.70. The highest BCUT2D eigenvalue weighted by atomic mass is 16.1. The number of hydrogen-bond donors (Lipinski definition) is 2. The number of nitrogens with two attached hydrogens (primary N) is 1. The van der Waals surface area contributed by atoms with Gasteiger partial charge in [0.05, 0.1) is 11.4 Å². The lowest BCUT2D eigenvalue weighted by Crippen LogP contribution is -2.14. The average molecular weight is 346 g/mol. The highest BCUT2D eigenvalue weighted by Crippen LogP contribution is 2.27. The van der Waals surface area contributed by atoms with Crippen LogP contribution in [0.5, 0.6) is 0 Å². The highest BCUT2D eigenvalue weighted by molar-refractivity contribution is 6.06. The first kappa shape index (κ1) is 17.6. The van der Waals surface area contributed by atoms with Crippen molar-refractivity contribution in [2.24, 2.45) is 0 Å². The summed E-state index contributed by atoms with van der Waals surface area (Å²) in [6.07, 6.45) is 3.50. The third-order valence-electron chi connectivity index (χ3n) is 4.01. The monoisotopic (exact) mass is 346 g/mol. The lowest BCUT2D eigenvalue weighted by Gasteiger charge is -2.12. The number of aromatic nitrogens is 1. The van der Waals surface area contributed by atoms with Crippen LogP contribution in [0.3, 0.4) is 0 Å². The molecular formula is C21H22N4O. The summed E-state index contributed by atoms with van der Waals surface area (Å²) in [5, 5.41) is 2.90. The van der Waals surface area contributed by atoms with Gasteiger partial charge in [-0.2, -0.15) is 0 Å². The van der Waals surface area contributed by atoms with E-state index in [1.165, 1.54) is 0 Å². The van der Waals surface area contributed by atoms with Crippen molar-refractivity contribution in [3.05, 3.63) is 78.1 Å². The molecule has 1 aromatic heterocycles. The average Bonchev–Trinajstić information content (AvgIpc) is 2.64. The Balaban J connectivity index is 1.78. The topological polar surface area (TPSA) is 71.2 Å². The van der Waals surface area contributed by atoms with Gasteiger partial charge in [0.1, 0.15) is 0 Å². The van der Waals surface area contributed by atoms with E-state index >= 15 is 0 Å². The molecule has 0 bridgehead atoms. The van der Waals surface area contributed by atoms with Gasteiger partial charge in [0.15, 0.2) is 0 Å². The zero-order valence-corrected chi connectivity index (χ0v) is 14.9. The Hall–Kier alpha value is -3.18. The number of benzene rings is 2. The van der Waals surface area contributed by atoms with Gasteiger partial charge in [0, 0.05) is 30.1 Å². The van der Waals surface area contributed by atoms with Crippen LogP contribution in [0.15, 0.2) is 67.0 Å². The summed E-state index contributed by atoms with van der Waals surface area (Å²) in [4.78, 5) is 18.8. The molecule has 3 aromatic rings. The minimum Gasteiger partial charge on any atom is -0.397 e. The van der Waals surface area contributed by atoms with Gasteiger partial charge in [-0.3, -0.25) is 9.78 Å². The molecule has 3 N–H and O–H groups in total. The minimum atomic E-state index is -0.184. The van der Waals surface area contributed by atoms with E-state index in [1.807, 2.05) is 62.6 Å². The van der Waals surface area contributed by atoms with Crippen LogP contribution in [0.25, 0.3) is 11.1 Å². The van der Waals surface area contributed by atoms with Crippen molar-refractivity contribution in [1.82, 2.24) is 9.88 Å². The smallest absolute Gasteiger partial charge is 0.255 e. The van der Waals surface area contributed by atoms with E-state index < -0.39 is 0 Å². The molecule has 132 valence electrons.